The van der Waals surface area contributed by atoms with Gasteiger partial charge in [0.25, 0.3) is 0 Å². The first-order valence-electron chi connectivity index (χ1n) is 7.25. The lowest BCUT2D eigenvalue weighted by Gasteiger charge is -2.37. The number of rotatable bonds is 4. The second-order valence-electron chi connectivity index (χ2n) is 6.82. The highest BCUT2D eigenvalue weighted by molar-refractivity contribution is 6.74. The van der Waals surface area contributed by atoms with E-state index in [-0.39, 0.29) is 11.1 Å². The average Bonchev–Trinajstić information content (AvgIpc) is 2.36. The molecule has 0 amide bonds. The molecule has 0 aliphatic heterocycles. The van der Waals surface area contributed by atoms with E-state index in [1.807, 2.05) is 0 Å². The van der Waals surface area contributed by atoms with E-state index in [4.69, 9.17) is 9.16 Å². The maximum absolute atomic E-state index is 11.3. The average molecular weight is 300 g/mol. The Morgan fingerprint density at radius 2 is 2.05 bits per heavy atom. The third kappa shape index (κ3) is 4.63. The zero-order valence-corrected chi connectivity index (χ0v) is 14.6. The van der Waals surface area contributed by atoms with Crippen LogP contribution in [0.5, 0.6) is 0 Å². The number of allylic oxidation sites excluding steroid dienone is 1. The van der Waals surface area contributed by atoms with Gasteiger partial charge in [0.1, 0.15) is 6.10 Å². The van der Waals surface area contributed by atoms with Crippen LogP contribution in [-0.2, 0) is 13.9 Å². The number of carbonyl (C=O) groups excluding carboxylic acids is 1. The molecule has 0 radical (unpaired) electrons. The molecule has 1 aliphatic rings. The maximum Gasteiger partial charge on any atom is 0.508 e. The molecular formula is C15H28O4Si. The Balaban J connectivity index is 2.64. The zero-order chi connectivity index (χ0) is 15.4. The highest BCUT2D eigenvalue weighted by Gasteiger charge is 2.37. The number of ether oxygens (including phenoxy) is 2. The minimum Gasteiger partial charge on any atom is -0.438 e. The Bertz CT molecular complexity index is 369. The first kappa shape index (κ1) is 17.2. The second-order valence-corrected chi connectivity index (χ2v) is 11.6. The Hall–Kier alpha value is -0.813. The Morgan fingerprint density at radius 3 is 2.60 bits per heavy atom. The van der Waals surface area contributed by atoms with Gasteiger partial charge in [-0.05, 0) is 43.0 Å². The lowest BCUT2D eigenvalue weighted by Crippen LogP contribution is -2.42. The molecule has 0 aromatic heterocycles. The Labute approximate surface area is 123 Å². The van der Waals surface area contributed by atoms with Crippen LogP contribution in [0, 0.1) is 0 Å². The first-order chi connectivity index (χ1) is 9.17. The minimum absolute atomic E-state index is 0.181. The van der Waals surface area contributed by atoms with E-state index in [0.717, 1.165) is 24.8 Å². The van der Waals surface area contributed by atoms with Crippen molar-refractivity contribution in [2.45, 2.75) is 64.3 Å². The standard InChI is InChI=1S/C15H28O4Si/c1-15(2,3)20(5,6)18-11-12-9-7-8-10-13(12)19-14(16)17-4/h9,13H,7-8,10-11H2,1-6H3/t13-/m1/s1. The molecule has 0 aromatic carbocycles. The van der Waals surface area contributed by atoms with Crippen LogP contribution < -0.4 is 0 Å². The van der Waals surface area contributed by atoms with Crippen molar-refractivity contribution >= 4 is 14.5 Å². The van der Waals surface area contributed by atoms with Gasteiger partial charge >= 0.3 is 6.16 Å². The summed E-state index contributed by atoms with van der Waals surface area (Å²) in [4.78, 5) is 11.3. The van der Waals surface area contributed by atoms with E-state index in [1.54, 1.807) is 0 Å². The van der Waals surface area contributed by atoms with Crippen LogP contribution in [0.3, 0.4) is 0 Å². The lowest BCUT2D eigenvalue weighted by molar-refractivity contribution is 0.0408. The number of hydrogen-bond acceptors (Lipinski definition) is 4. The van der Waals surface area contributed by atoms with Crippen LogP contribution in [-0.4, -0.2) is 34.3 Å². The van der Waals surface area contributed by atoms with Gasteiger partial charge in [0.15, 0.2) is 8.32 Å². The second kappa shape index (κ2) is 6.76. The molecule has 1 rings (SSSR count). The van der Waals surface area contributed by atoms with E-state index in [0.29, 0.717) is 6.61 Å². The maximum atomic E-state index is 11.3. The van der Waals surface area contributed by atoms with E-state index in [1.165, 1.54) is 7.11 Å². The summed E-state index contributed by atoms with van der Waals surface area (Å²) in [6, 6.07) is 0. The SMILES string of the molecule is COC(=O)O[C@@H]1CCCC=C1CO[Si](C)(C)C(C)(C)C. The summed E-state index contributed by atoms with van der Waals surface area (Å²) < 4.78 is 16.1. The molecule has 0 saturated heterocycles. The predicted octanol–water partition coefficient (Wildman–Crippen LogP) is 4.27. The normalized spacial score (nSPS) is 20.3. The minimum atomic E-state index is -1.78. The van der Waals surface area contributed by atoms with Crippen LogP contribution in [0.2, 0.25) is 18.1 Å². The molecule has 5 heteroatoms. The van der Waals surface area contributed by atoms with E-state index < -0.39 is 14.5 Å². The van der Waals surface area contributed by atoms with Crippen molar-refractivity contribution in [3.63, 3.8) is 0 Å². The fraction of sp³-hybridized carbons (Fsp3) is 0.800. The third-order valence-electron chi connectivity index (χ3n) is 4.30. The Morgan fingerprint density at radius 1 is 1.40 bits per heavy atom. The molecule has 0 heterocycles. The van der Waals surface area contributed by atoms with Crippen molar-refractivity contribution in [1.82, 2.24) is 0 Å². The monoisotopic (exact) mass is 300 g/mol. The van der Waals surface area contributed by atoms with Crippen LogP contribution in [0.4, 0.5) is 4.79 Å². The fourth-order valence-corrected chi connectivity index (χ4v) is 2.80. The van der Waals surface area contributed by atoms with Gasteiger partial charge in [0.2, 0.25) is 0 Å². The van der Waals surface area contributed by atoms with Gasteiger partial charge in [-0.25, -0.2) is 4.79 Å². The zero-order valence-electron chi connectivity index (χ0n) is 13.6. The van der Waals surface area contributed by atoms with E-state index >= 15 is 0 Å². The number of methoxy groups -OCH3 is 1. The third-order valence-corrected chi connectivity index (χ3v) is 8.78. The molecule has 4 nitrogen and oxygen atoms in total. The summed E-state index contributed by atoms with van der Waals surface area (Å²) in [5.74, 6) is 0. The van der Waals surface area contributed by atoms with Crippen molar-refractivity contribution in [3.05, 3.63) is 11.6 Å². The molecule has 0 bridgehead atoms. The van der Waals surface area contributed by atoms with Gasteiger partial charge in [-0.2, -0.15) is 0 Å². The molecule has 0 unspecified atom stereocenters. The summed E-state index contributed by atoms with van der Waals surface area (Å²) >= 11 is 0. The largest absolute Gasteiger partial charge is 0.508 e. The molecular weight excluding hydrogens is 272 g/mol. The topological polar surface area (TPSA) is 44.8 Å². The molecule has 0 N–H and O–H groups in total. The van der Waals surface area contributed by atoms with E-state index in [9.17, 15) is 4.79 Å². The van der Waals surface area contributed by atoms with Crippen LogP contribution in [0.25, 0.3) is 0 Å². The number of hydrogen-bond donors (Lipinski definition) is 0. The molecule has 0 fully saturated rings. The summed E-state index contributed by atoms with van der Waals surface area (Å²) in [5, 5.41) is 0.181. The van der Waals surface area contributed by atoms with Crippen LogP contribution >= 0.6 is 0 Å². The van der Waals surface area contributed by atoms with Crippen LogP contribution in [0.15, 0.2) is 11.6 Å². The molecule has 0 spiro atoms. The van der Waals surface area contributed by atoms with Gasteiger partial charge in [-0.1, -0.05) is 26.8 Å². The fourth-order valence-electron chi connectivity index (χ4n) is 1.84. The van der Waals surface area contributed by atoms with Gasteiger partial charge in [-0.3, -0.25) is 0 Å². The van der Waals surface area contributed by atoms with Crippen molar-refractivity contribution in [2.75, 3.05) is 13.7 Å². The smallest absolute Gasteiger partial charge is 0.438 e. The number of carbonyl (C=O) groups is 1. The molecule has 20 heavy (non-hydrogen) atoms. The van der Waals surface area contributed by atoms with Crippen molar-refractivity contribution in [3.8, 4) is 0 Å². The molecule has 1 atom stereocenters. The van der Waals surface area contributed by atoms with Gasteiger partial charge in [-0.15, -0.1) is 0 Å². The molecule has 0 aromatic rings. The Kier molecular flexibility index (Phi) is 5.83. The van der Waals surface area contributed by atoms with Gasteiger partial charge in [0, 0.05) is 0 Å². The highest BCUT2D eigenvalue weighted by Crippen LogP contribution is 2.37. The van der Waals surface area contributed by atoms with Gasteiger partial charge in [0.05, 0.1) is 13.7 Å². The quantitative estimate of drug-likeness (QED) is 0.442. The molecule has 116 valence electrons. The molecule has 0 saturated carbocycles. The lowest BCUT2D eigenvalue weighted by atomic mass is 9.97. The summed E-state index contributed by atoms with van der Waals surface area (Å²) in [6.07, 6.45) is 4.24. The summed E-state index contributed by atoms with van der Waals surface area (Å²) in [5.41, 5.74) is 1.08. The predicted molar refractivity (Wildman–Crippen MR) is 82.4 cm³/mol. The highest BCUT2D eigenvalue weighted by atomic mass is 28.4. The first-order valence-corrected chi connectivity index (χ1v) is 10.2. The van der Waals surface area contributed by atoms with E-state index in [2.05, 4.69) is 44.7 Å². The summed E-state index contributed by atoms with van der Waals surface area (Å²) in [6.45, 7) is 11.7. The van der Waals surface area contributed by atoms with Crippen molar-refractivity contribution < 1.29 is 18.7 Å². The van der Waals surface area contributed by atoms with Crippen LogP contribution in [0.1, 0.15) is 40.0 Å². The summed E-state index contributed by atoms with van der Waals surface area (Å²) in [7, 11) is -0.445. The van der Waals surface area contributed by atoms with Crippen molar-refractivity contribution in [2.24, 2.45) is 0 Å². The van der Waals surface area contributed by atoms with Crippen molar-refractivity contribution in [1.29, 1.82) is 0 Å². The van der Waals surface area contributed by atoms with Gasteiger partial charge < -0.3 is 13.9 Å². The molecule has 1 aliphatic carbocycles.